The van der Waals surface area contributed by atoms with Crippen molar-refractivity contribution in [2.45, 2.75) is 39.5 Å². The van der Waals surface area contributed by atoms with Gasteiger partial charge in [-0.3, -0.25) is 4.98 Å². The van der Waals surface area contributed by atoms with E-state index in [9.17, 15) is 5.26 Å². The molecule has 0 aliphatic rings. The van der Waals surface area contributed by atoms with Gasteiger partial charge < -0.3 is 10.1 Å². The molecule has 1 heterocycles. The van der Waals surface area contributed by atoms with Crippen molar-refractivity contribution in [1.29, 1.82) is 5.26 Å². The molecule has 1 unspecified atom stereocenters. The SMILES string of the molecule is CCc1cnccc1C(C)NCc1cccc(OCc2ccccc2C#N)c1. The average molecular weight is 371 g/mol. The zero-order chi connectivity index (χ0) is 19.8. The molecular weight excluding hydrogens is 346 g/mol. The van der Waals surface area contributed by atoms with Crippen molar-refractivity contribution < 1.29 is 4.74 Å². The standard InChI is InChI=1S/C24H25N3O/c1-3-20-16-26-12-11-24(20)18(2)27-15-19-7-6-10-23(13-19)28-17-22-9-5-4-8-21(22)14-25/h4-13,16,18,27H,3,15,17H2,1-2H3. The number of aryl methyl sites for hydroxylation is 1. The molecule has 4 heteroatoms. The van der Waals surface area contributed by atoms with Gasteiger partial charge in [0, 0.05) is 30.5 Å². The molecule has 1 atom stereocenters. The molecule has 28 heavy (non-hydrogen) atoms. The second kappa shape index (κ2) is 9.68. The molecule has 2 aromatic carbocycles. The lowest BCUT2D eigenvalue weighted by Gasteiger charge is -2.17. The molecule has 3 aromatic rings. The zero-order valence-corrected chi connectivity index (χ0v) is 16.4. The fourth-order valence-electron chi connectivity index (χ4n) is 3.20. The molecule has 0 bridgehead atoms. The quantitative estimate of drug-likeness (QED) is 0.609. The largest absolute Gasteiger partial charge is 0.489 e. The van der Waals surface area contributed by atoms with E-state index < -0.39 is 0 Å². The van der Waals surface area contributed by atoms with E-state index in [1.54, 1.807) is 0 Å². The summed E-state index contributed by atoms with van der Waals surface area (Å²) in [4.78, 5) is 4.22. The number of hydrogen-bond donors (Lipinski definition) is 1. The third-order valence-electron chi connectivity index (χ3n) is 4.83. The van der Waals surface area contributed by atoms with Crippen molar-refractivity contribution in [3.8, 4) is 11.8 Å². The van der Waals surface area contributed by atoms with Gasteiger partial charge in [-0.1, -0.05) is 37.3 Å². The minimum atomic E-state index is 0.241. The van der Waals surface area contributed by atoms with Crippen LogP contribution in [-0.4, -0.2) is 4.98 Å². The lowest BCUT2D eigenvalue weighted by molar-refractivity contribution is 0.305. The molecule has 142 valence electrons. The number of aromatic nitrogens is 1. The summed E-state index contributed by atoms with van der Waals surface area (Å²) in [5.74, 6) is 0.804. The van der Waals surface area contributed by atoms with Crippen LogP contribution in [0, 0.1) is 11.3 Å². The van der Waals surface area contributed by atoms with Gasteiger partial charge in [0.25, 0.3) is 0 Å². The van der Waals surface area contributed by atoms with Crippen LogP contribution in [0.5, 0.6) is 5.75 Å². The monoisotopic (exact) mass is 371 g/mol. The Kier molecular flexibility index (Phi) is 6.78. The number of ether oxygens (including phenoxy) is 1. The van der Waals surface area contributed by atoms with Crippen molar-refractivity contribution in [2.75, 3.05) is 0 Å². The van der Waals surface area contributed by atoms with E-state index >= 15 is 0 Å². The Morgan fingerprint density at radius 1 is 1.11 bits per heavy atom. The van der Waals surface area contributed by atoms with Crippen LogP contribution in [0.3, 0.4) is 0 Å². The molecule has 3 rings (SSSR count). The first-order valence-electron chi connectivity index (χ1n) is 9.57. The third kappa shape index (κ3) is 4.97. The van der Waals surface area contributed by atoms with Crippen LogP contribution in [-0.2, 0) is 19.6 Å². The van der Waals surface area contributed by atoms with Gasteiger partial charge in [-0.2, -0.15) is 5.26 Å². The number of nitrogens with zero attached hydrogens (tertiary/aromatic N) is 2. The first-order valence-corrected chi connectivity index (χ1v) is 9.57. The molecule has 0 aliphatic heterocycles. The fraction of sp³-hybridized carbons (Fsp3) is 0.250. The number of nitriles is 1. The van der Waals surface area contributed by atoms with Crippen molar-refractivity contribution in [1.82, 2.24) is 10.3 Å². The minimum Gasteiger partial charge on any atom is -0.489 e. The van der Waals surface area contributed by atoms with Gasteiger partial charge in [-0.05, 0) is 54.3 Å². The summed E-state index contributed by atoms with van der Waals surface area (Å²) in [5.41, 5.74) is 5.27. The minimum absolute atomic E-state index is 0.241. The summed E-state index contributed by atoms with van der Waals surface area (Å²) in [6.07, 6.45) is 4.77. The fourth-order valence-corrected chi connectivity index (χ4v) is 3.20. The van der Waals surface area contributed by atoms with E-state index in [1.165, 1.54) is 11.1 Å². The van der Waals surface area contributed by atoms with Gasteiger partial charge in [-0.15, -0.1) is 0 Å². The second-order valence-corrected chi connectivity index (χ2v) is 6.74. The van der Waals surface area contributed by atoms with E-state index in [2.05, 4.69) is 42.4 Å². The van der Waals surface area contributed by atoms with Crippen molar-refractivity contribution in [3.05, 3.63) is 94.8 Å². The van der Waals surface area contributed by atoms with Gasteiger partial charge in [0.15, 0.2) is 0 Å². The van der Waals surface area contributed by atoms with E-state index in [-0.39, 0.29) is 6.04 Å². The highest BCUT2D eigenvalue weighted by Gasteiger charge is 2.09. The highest BCUT2D eigenvalue weighted by Crippen LogP contribution is 2.20. The van der Waals surface area contributed by atoms with E-state index in [4.69, 9.17) is 4.74 Å². The number of hydrogen-bond acceptors (Lipinski definition) is 4. The molecule has 0 amide bonds. The lowest BCUT2D eigenvalue weighted by Crippen LogP contribution is -2.19. The average Bonchev–Trinajstić information content (AvgIpc) is 2.76. The summed E-state index contributed by atoms with van der Waals surface area (Å²) in [7, 11) is 0. The molecule has 0 spiro atoms. The van der Waals surface area contributed by atoms with E-state index in [0.29, 0.717) is 12.2 Å². The topological polar surface area (TPSA) is 57.9 Å². The Morgan fingerprint density at radius 3 is 2.79 bits per heavy atom. The number of pyridine rings is 1. The molecule has 0 radical (unpaired) electrons. The number of rotatable bonds is 8. The van der Waals surface area contributed by atoms with Gasteiger partial charge in [0.2, 0.25) is 0 Å². The van der Waals surface area contributed by atoms with Crippen LogP contribution in [0.15, 0.2) is 67.0 Å². The first-order chi connectivity index (χ1) is 13.7. The third-order valence-corrected chi connectivity index (χ3v) is 4.83. The summed E-state index contributed by atoms with van der Waals surface area (Å²) in [6.45, 7) is 5.46. The van der Waals surface area contributed by atoms with E-state index in [0.717, 1.165) is 29.8 Å². The molecule has 1 aromatic heterocycles. The van der Waals surface area contributed by atoms with Gasteiger partial charge in [0.1, 0.15) is 12.4 Å². The van der Waals surface area contributed by atoms with Gasteiger partial charge in [-0.25, -0.2) is 0 Å². The smallest absolute Gasteiger partial charge is 0.120 e. The molecule has 0 saturated carbocycles. The van der Waals surface area contributed by atoms with Crippen molar-refractivity contribution in [3.63, 3.8) is 0 Å². The molecule has 0 saturated heterocycles. The van der Waals surface area contributed by atoms with Gasteiger partial charge >= 0.3 is 0 Å². The molecule has 4 nitrogen and oxygen atoms in total. The first kappa shape index (κ1) is 19.6. The predicted molar refractivity (Wildman–Crippen MR) is 111 cm³/mol. The van der Waals surface area contributed by atoms with Crippen molar-refractivity contribution in [2.24, 2.45) is 0 Å². The van der Waals surface area contributed by atoms with Crippen LogP contribution in [0.2, 0.25) is 0 Å². The van der Waals surface area contributed by atoms with E-state index in [1.807, 2.05) is 54.9 Å². The maximum Gasteiger partial charge on any atom is 0.120 e. The highest BCUT2D eigenvalue weighted by molar-refractivity contribution is 5.37. The Morgan fingerprint density at radius 2 is 1.96 bits per heavy atom. The Hall–Kier alpha value is -3.16. The molecule has 1 N–H and O–H groups in total. The van der Waals surface area contributed by atoms with Crippen LogP contribution in [0.1, 0.15) is 47.7 Å². The summed E-state index contributed by atoms with van der Waals surface area (Å²) < 4.78 is 5.92. The maximum atomic E-state index is 9.20. The maximum absolute atomic E-state index is 9.20. The summed E-state index contributed by atoms with van der Waals surface area (Å²) in [5, 5.41) is 12.8. The zero-order valence-electron chi connectivity index (χ0n) is 16.4. The molecular formula is C24H25N3O. The van der Waals surface area contributed by atoms with Crippen LogP contribution < -0.4 is 10.1 Å². The highest BCUT2D eigenvalue weighted by atomic mass is 16.5. The van der Waals surface area contributed by atoms with Crippen LogP contribution in [0.4, 0.5) is 0 Å². The second-order valence-electron chi connectivity index (χ2n) is 6.74. The Balaban J connectivity index is 1.61. The number of benzene rings is 2. The molecule has 0 fully saturated rings. The summed E-state index contributed by atoms with van der Waals surface area (Å²) in [6, 6.07) is 20.1. The summed E-state index contributed by atoms with van der Waals surface area (Å²) >= 11 is 0. The number of nitrogens with one attached hydrogen (secondary N) is 1. The Labute approximate surface area is 166 Å². The lowest BCUT2D eigenvalue weighted by atomic mass is 10.0. The predicted octanol–water partition coefficient (Wildman–Crippen LogP) is 4.95. The Bertz CT molecular complexity index is 962. The van der Waals surface area contributed by atoms with Crippen LogP contribution in [0.25, 0.3) is 0 Å². The van der Waals surface area contributed by atoms with Gasteiger partial charge in [0.05, 0.1) is 11.6 Å². The van der Waals surface area contributed by atoms with Crippen molar-refractivity contribution >= 4 is 0 Å². The molecule has 0 aliphatic carbocycles. The van der Waals surface area contributed by atoms with Crippen LogP contribution >= 0.6 is 0 Å². The normalized spacial score (nSPS) is 11.6.